The third-order valence-corrected chi connectivity index (χ3v) is 3.78. The molecular weight excluding hydrogens is 358 g/mol. The maximum atomic E-state index is 14.1. The van der Waals surface area contributed by atoms with E-state index in [1.807, 2.05) is 0 Å². The van der Waals surface area contributed by atoms with Crippen molar-refractivity contribution >= 4 is 23.3 Å². The first-order valence-corrected chi connectivity index (χ1v) is 7.77. The number of rotatable bonds is 6. The van der Waals surface area contributed by atoms with E-state index in [2.05, 4.69) is 4.74 Å². The lowest BCUT2D eigenvalue weighted by Crippen LogP contribution is -2.07. The largest absolute Gasteiger partial charge is 0.496 e. The molecule has 140 valence electrons. The minimum atomic E-state index is -0.932. The molecule has 2 aromatic rings. The molecule has 27 heavy (non-hydrogen) atoms. The van der Waals surface area contributed by atoms with Crippen molar-refractivity contribution in [2.24, 2.45) is 0 Å². The Morgan fingerprint density at radius 3 is 1.96 bits per heavy atom. The van der Waals surface area contributed by atoms with Crippen LogP contribution in [0.2, 0.25) is 0 Å². The number of hydrogen-bond donors (Lipinski definition) is 0. The highest BCUT2D eigenvalue weighted by atomic mass is 19.1. The van der Waals surface area contributed by atoms with Crippen LogP contribution < -0.4 is 0 Å². The zero-order valence-corrected chi connectivity index (χ0v) is 14.8. The molecule has 0 spiro atoms. The Kier molecular flexibility index (Phi) is 6.18. The third-order valence-electron chi connectivity index (χ3n) is 3.78. The summed E-state index contributed by atoms with van der Waals surface area (Å²) in [6, 6.07) is 6.85. The summed E-state index contributed by atoms with van der Waals surface area (Å²) in [5.41, 5.74) is -0.250. The molecule has 2 rings (SSSR count). The standard InChI is InChI=1S/C20H16F2O5/c1-11(23)12-4-6-16(21)14(8-12)19(26-2)10-18(24)13-5-7-17(22)15(9-13)20(25)27-3/h4-10H,1-3H3/b19-10-. The molecule has 0 aliphatic rings. The van der Waals surface area contributed by atoms with Crippen molar-refractivity contribution in [2.75, 3.05) is 14.2 Å². The molecular formula is C20H16F2O5. The zero-order chi connectivity index (χ0) is 20.1. The molecule has 0 N–H and O–H groups in total. The van der Waals surface area contributed by atoms with Crippen LogP contribution in [0.3, 0.4) is 0 Å². The number of ether oxygens (including phenoxy) is 2. The number of carbonyl (C=O) groups is 3. The first-order chi connectivity index (χ1) is 12.8. The van der Waals surface area contributed by atoms with Crippen LogP contribution in [-0.2, 0) is 9.47 Å². The van der Waals surface area contributed by atoms with Gasteiger partial charge >= 0.3 is 5.97 Å². The van der Waals surface area contributed by atoms with E-state index >= 15 is 0 Å². The summed E-state index contributed by atoms with van der Waals surface area (Å²) >= 11 is 0. The minimum absolute atomic E-state index is 0.0190. The monoisotopic (exact) mass is 374 g/mol. The van der Waals surface area contributed by atoms with Crippen LogP contribution in [0, 0.1) is 11.6 Å². The number of benzene rings is 2. The van der Waals surface area contributed by atoms with Crippen LogP contribution in [0.25, 0.3) is 5.76 Å². The lowest BCUT2D eigenvalue weighted by atomic mass is 10.0. The van der Waals surface area contributed by atoms with Crippen LogP contribution in [-0.4, -0.2) is 31.8 Å². The van der Waals surface area contributed by atoms with Gasteiger partial charge in [-0.1, -0.05) is 0 Å². The molecule has 0 atom stereocenters. The van der Waals surface area contributed by atoms with Gasteiger partial charge < -0.3 is 9.47 Å². The zero-order valence-electron chi connectivity index (χ0n) is 14.8. The molecule has 0 saturated carbocycles. The number of halogens is 2. The van der Waals surface area contributed by atoms with Crippen LogP contribution in [0.15, 0.2) is 42.5 Å². The second kappa shape index (κ2) is 8.35. The molecule has 0 aliphatic heterocycles. The molecule has 0 heterocycles. The van der Waals surface area contributed by atoms with Crippen molar-refractivity contribution in [1.29, 1.82) is 0 Å². The van der Waals surface area contributed by atoms with Gasteiger partial charge in [0, 0.05) is 17.2 Å². The van der Waals surface area contributed by atoms with Crippen molar-refractivity contribution in [2.45, 2.75) is 6.92 Å². The van der Waals surface area contributed by atoms with Gasteiger partial charge in [0.1, 0.15) is 17.4 Å². The van der Waals surface area contributed by atoms with Gasteiger partial charge in [-0.25, -0.2) is 13.6 Å². The van der Waals surface area contributed by atoms with E-state index in [1.165, 1.54) is 32.2 Å². The Labute approximate surface area is 154 Å². The average molecular weight is 374 g/mol. The number of ketones is 2. The van der Waals surface area contributed by atoms with Gasteiger partial charge in [-0.05, 0) is 43.3 Å². The fraction of sp³-hybridized carbons (Fsp3) is 0.150. The van der Waals surface area contributed by atoms with Gasteiger partial charge in [-0.3, -0.25) is 9.59 Å². The molecule has 0 fully saturated rings. The van der Waals surface area contributed by atoms with Crippen molar-refractivity contribution in [1.82, 2.24) is 0 Å². The van der Waals surface area contributed by atoms with E-state index in [0.29, 0.717) is 0 Å². The van der Waals surface area contributed by atoms with E-state index in [9.17, 15) is 23.2 Å². The Bertz CT molecular complexity index is 947. The van der Waals surface area contributed by atoms with Crippen molar-refractivity contribution < 1.29 is 32.6 Å². The smallest absolute Gasteiger partial charge is 0.340 e. The number of carbonyl (C=O) groups excluding carboxylic acids is 3. The minimum Gasteiger partial charge on any atom is -0.496 e. The molecule has 5 nitrogen and oxygen atoms in total. The molecule has 0 saturated heterocycles. The maximum Gasteiger partial charge on any atom is 0.340 e. The first kappa shape index (κ1) is 20.0. The van der Waals surface area contributed by atoms with Crippen LogP contribution in [0.1, 0.15) is 43.6 Å². The van der Waals surface area contributed by atoms with Gasteiger partial charge in [-0.2, -0.15) is 0 Å². The Morgan fingerprint density at radius 2 is 1.41 bits per heavy atom. The highest BCUT2D eigenvalue weighted by molar-refractivity contribution is 6.09. The maximum absolute atomic E-state index is 14.1. The summed E-state index contributed by atoms with van der Waals surface area (Å²) in [6.07, 6.45) is 0.997. The molecule has 0 unspecified atom stereocenters. The summed E-state index contributed by atoms with van der Waals surface area (Å²) in [7, 11) is 2.33. The number of Topliss-reactive ketones (excluding diaryl/α,β-unsaturated/α-hetero) is 1. The van der Waals surface area contributed by atoms with Gasteiger partial charge in [-0.15, -0.1) is 0 Å². The Balaban J connectivity index is 2.47. The van der Waals surface area contributed by atoms with E-state index in [-0.39, 0.29) is 28.2 Å². The van der Waals surface area contributed by atoms with Crippen LogP contribution >= 0.6 is 0 Å². The van der Waals surface area contributed by atoms with Crippen molar-refractivity contribution in [3.05, 3.63) is 76.4 Å². The van der Waals surface area contributed by atoms with Crippen LogP contribution in [0.5, 0.6) is 0 Å². The number of allylic oxidation sites excluding steroid dienone is 1. The van der Waals surface area contributed by atoms with Crippen molar-refractivity contribution in [3.8, 4) is 0 Å². The van der Waals surface area contributed by atoms with E-state index in [4.69, 9.17) is 4.74 Å². The lowest BCUT2D eigenvalue weighted by Gasteiger charge is -2.09. The summed E-state index contributed by atoms with van der Waals surface area (Å²) in [5.74, 6) is -3.50. The predicted molar refractivity (Wildman–Crippen MR) is 93.5 cm³/mol. The SMILES string of the molecule is COC(=O)c1cc(C(=O)/C=C(\OC)c2cc(C(C)=O)ccc2F)ccc1F. The van der Waals surface area contributed by atoms with E-state index in [1.54, 1.807) is 0 Å². The Morgan fingerprint density at radius 1 is 0.852 bits per heavy atom. The summed E-state index contributed by atoms with van der Waals surface area (Å²) < 4.78 is 37.4. The van der Waals surface area contributed by atoms with Gasteiger partial charge in [0.15, 0.2) is 11.6 Å². The number of esters is 1. The molecule has 0 aliphatic carbocycles. The fourth-order valence-corrected chi connectivity index (χ4v) is 2.33. The quantitative estimate of drug-likeness (QED) is 0.333. The van der Waals surface area contributed by atoms with E-state index in [0.717, 1.165) is 31.4 Å². The highest BCUT2D eigenvalue weighted by Crippen LogP contribution is 2.22. The molecule has 0 amide bonds. The fourth-order valence-electron chi connectivity index (χ4n) is 2.33. The Hall–Kier alpha value is -3.35. The van der Waals surface area contributed by atoms with Gasteiger partial charge in [0.2, 0.25) is 0 Å². The van der Waals surface area contributed by atoms with E-state index < -0.39 is 29.0 Å². The number of methoxy groups -OCH3 is 2. The lowest BCUT2D eigenvalue weighted by molar-refractivity contribution is 0.0595. The molecule has 0 radical (unpaired) electrons. The average Bonchev–Trinajstić information content (AvgIpc) is 2.66. The van der Waals surface area contributed by atoms with Gasteiger partial charge in [0.25, 0.3) is 0 Å². The molecule has 0 bridgehead atoms. The first-order valence-electron chi connectivity index (χ1n) is 7.77. The number of hydrogen-bond acceptors (Lipinski definition) is 5. The van der Waals surface area contributed by atoms with Crippen molar-refractivity contribution in [3.63, 3.8) is 0 Å². The highest BCUT2D eigenvalue weighted by Gasteiger charge is 2.17. The predicted octanol–water partition coefficient (Wildman–Crippen LogP) is 3.82. The van der Waals surface area contributed by atoms with Gasteiger partial charge in [0.05, 0.1) is 25.3 Å². The summed E-state index contributed by atoms with van der Waals surface area (Å²) in [4.78, 5) is 35.5. The topological polar surface area (TPSA) is 69.7 Å². The normalized spacial score (nSPS) is 11.1. The summed E-state index contributed by atoms with van der Waals surface area (Å²) in [6.45, 7) is 1.32. The van der Waals surface area contributed by atoms with Crippen LogP contribution in [0.4, 0.5) is 8.78 Å². The third kappa shape index (κ3) is 4.44. The molecule has 2 aromatic carbocycles. The summed E-state index contributed by atoms with van der Waals surface area (Å²) in [5, 5.41) is 0. The second-order valence-corrected chi connectivity index (χ2v) is 5.51. The molecule has 0 aromatic heterocycles. The molecule has 7 heteroatoms. The second-order valence-electron chi connectivity index (χ2n) is 5.51.